The van der Waals surface area contributed by atoms with Crippen molar-refractivity contribution in [3.05, 3.63) is 121 Å². The van der Waals surface area contributed by atoms with E-state index in [0.717, 1.165) is 26.2 Å². The van der Waals surface area contributed by atoms with Crippen molar-refractivity contribution in [2.45, 2.75) is 38.5 Å². The molecule has 0 aromatic heterocycles. The van der Waals surface area contributed by atoms with Crippen LogP contribution in [-0.2, 0) is 0 Å². The molecule has 2 aliphatic heterocycles. The second kappa shape index (κ2) is 11.8. The molecule has 0 radical (unpaired) electrons. The first-order chi connectivity index (χ1) is 21.8. The molecule has 0 saturated carbocycles. The Balaban J connectivity index is 1.40. The van der Waals surface area contributed by atoms with E-state index in [9.17, 15) is 0 Å². The highest BCUT2D eigenvalue weighted by molar-refractivity contribution is 6.22. The van der Waals surface area contributed by atoms with E-state index >= 15 is 0 Å². The summed E-state index contributed by atoms with van der Waals surface area (Å²) >= 11 is 0. The minimum absolute atomic E-state index is 1.14. The summed E-state index contributed by atoms with van der Waals surface area (Å²) < 4.78 is 0. The summed E-state index contributed by atoms with van der Waals surface area (Å²) in [5.74, 6) is 0. The molecule has 8 rings (SSSR count). The van der Waals surface area contributed by atoms with Gasteiger partial charge in [-0.15, -0.1) is 0 Å². The second-order valence-electron chi connectivity index (χ2n) is 12.6. The van der Waals surface area contributed by atoms with Gasteiger partial charge in [0.25, 0.3) is 0 Å². The molecule has 6 aromatic carbocycles. The van der Waals surface area contributed by atoms with Gasteiger partial charge in [-0.25, -0.2) is 0 Å². The smallest absolute Gasteiger partial charge is 0.0372 e. The number of rotatable bonds is 5. The third-order valence-corrected chi connectivity index (χ3v) is 9.87. The summed E-state index contributed by atoms with van der Waals surface area (Å²) in [6.07, 6.45) is 7.78. The first-order valence-corrected chi connectivity index (χ1v) is 16.6. The van der Waals surface area contributed by atoms with Crippen LogP contribution in [0, 0.1) is 0 Å². The highest BCUT2D eigenvalue weighted by atomic mass is 15.1. The molecule has 0 atom stereocenters. The van der Waals surface area contributed by atoms with Gasteiger partial charge in [-0.05, 0) is 118 Å². The fourth-order valence-electron chi connectivity index (χ4n) is 7.59. The quantitative estimate of drug-likeness (QED) is 0.190. The van der Waals surface area contributed by atoms with Crippen LogP contribution in [0.3, 0.4) is 0 Å². The molecule has 2 saturated heterocycles. The van der Waals surface area contributed by atoms with Gasteiger partial charge in [-0.2, -0.15) is 0 Å². The van der Waals surface area contributed by atoms with E-state index in [1.807, 2.05) is 0 Å². The molecule has 0 N–H and O–H groups in total. The van der Waals surface area contributed by atoms with Gasteiger partial charge in [0.2, 0.25) is 0 Å². The molecule has 2 aliphatic rings. The molecule has 6 aromatic rings. The van der Waals surface area contributed by atoms with Gasteiger partial charge >= 0.3 is 0 Å². The van der Waals surface area contributed by atoms with E-state index in [0.29, 0.717) is 0 Å². The zero-order chi connectivity index (χ0) is 29.3. The predicted octanol–water partition coefficient (Wildman–Crippen LogP) is 11.0. The molecular weight excluding hydrogens is 532 g/mol. The van der Waals surface area contributed by atoms with Crippen molar-refractivity contribution < 1.29 is 0 Å². The number of anilines is 2. The summed E-state index contributed by atoms with van der Waals surface area (Å²) in [6, 6.07) is 45.6. The van der Waals surface area contributed by atoms with Crippen molar-refractivity contribution in [3.63, 3.8) is 0 Å². The third-order valence-electron chi connectivity index (χ3n) is 9.87. The number of hydrogen-bond acceptors (Lipinski definition) is 2. The molecule has 0 spiro atoms. The van der Waals surface area contributed by atoms with Crippen molar-refractivity contribution >= 4 is 32.9 Å². The van der Waals surface area contributed by atoms with Crippen molar-refractivity contribution in [1.29, 1.82) is 0 Å². The maximum absolute atomic E-state index is 2.59. The van der Waals surface area contributed by atoms with E-state index < -0.39 is 0 Å². The van der Waals surface area contributed by atoms with Crippen molar-refractivity contribution in [2.75, 3.05) is 36.0 Å². The van der Waals surface area contributed by atoms with Gasteiger partial charge in [-0.3, -0.25) is 0 Å². The van der Waals surface area contributed by atoms with Crippen LogP contribution >= 0.6 is 0 Å². The molecule has 0 bridgehead atoms. The third kappa shape index (κ3) is 5.03. The van der Waals surface area contributed by atoms with Crippen LogP contribution in [0.4, 0.5) is 11.4 Å². The lowest BCUT2D eigenvalue weighted by Gasteiger charge is -2.30. The highest BCUT2D eigenvalue weighted by Gasteiger charge is 2.21. The zero-order valence-corrected chi connectivity index (χ0v) is 25.5. The average molecular weight is 573 g/mol. The maximum atomic E-state index is 2.59. The van der Waals surface area contributed by atoms with Gasteiger partial charge in [0.15, 0.2) is 0 Å². The summed E-state index contributed by atoms with van der Waals surface area (Å²) in [5, 5.41) is 5.36. The monoisotopic (exact) mass is 572 g/mol. The molecular formula is C42H40N2. The molecule has 218 valence electrons. The highest BCUT2D eigenvalue weighted by Crippen LogP contribution is 2.46. The van der Waals surface area contributed by atoms with Crippen LogP contribution in [0.1, 0.15) is 38.5 Å². The Morgan fingerprint density at radius 1 is 0.318 bits per heavy atom. The fraction of sp³-hybridized carbons (Fsp3) is 0.238. The largest absolute Gasteiger partial charge is 0.372 e. The number of hydrogen-bond donors (Lipinski definition) is 0. The second-order valence-corrected chi connectivity index (χ2v) is 12.6. The van der Waals surface area contributed by atoms with E-state index in [4.69, 9.17) is 0 Å². The van der Waals surface area contributed by atoms with Gasteiger partial charge < -0.3 is 9.80 Å². The Bertz CT molecular complexity index is 1900. The van der Waals surface area contributed by atoms with Crippen molar-refractivity contribution in [2.24, 2.45) is 0 Å². The Labute approximate surface area is 261 Å². The van der Waals surface area contributed by atoms with Gasteiger partial charge in [0, 0.05) is 37.6 Å². The summed E-state index contributed by atoms with van der Waals surface area (Å²) in [5.41, 5.74) is 10.5. The molecule has 0 aliphatic carbocycles. The van der Waals surface area contributed by atoms with Gasteiger partial charge in [0.05, 0.1) is 0 Å². The lowest BCUT2D eigenvalue weighted by Crippen LogP contribution is -2.29. The maximum Gasteiger partial charge on any atom is 0.0372 e. The minimum Gasteiger partial charge on any atom is -0.372 e. The predicted molar refractivity (Wildman–Crippen MR) is 190 cm³/mol. The fourth-order valence-corrected chi connectivity index (χ4v) is 7.59. The number of piperidine rings is 2. The summed E-state index contributed by atoms with van der Waals surface area (Å²) in [4.78, 5) is 5.19. The van der Waals surface area contributed by atoms with Crippen LogP contribution in [0.2, 0.25) is 0 Å². The molecule has 0 amide bonds. The van der Waals surface area contributed by atoms with Crippen LogP contribution in [-0.4, -0.2) is 26.2 Å². The lowest BCUT2D eigenvalue weighted by atomic mass is 9.85. The van der Waals surface area contributed by atoms with Crippen molar-refractivity contribution in [3.8, 4) is 33.4 Å². The first-order valence-electron chi connectivity index (χ1n) is 16.6. The Kier molecular flexibility index (Phi) is 7.28. The lowest BCUT2D eigenvalue weighted by molar-refractivity contribution is 0.578. The average Bonchev–Trinajstić information content (AvgIpc) is 3.12. The van der Waals surface area contributed by atoms with Crippen molar-refractivity contribution in [1.82, 2.24) is 0 Å². The van der Waals surface area contributed by atoms with Gasteiger partial charge in [0.1, 0.15) is 0 Å². The zero-order valence-electron chi connectivity index (χ0n) is 25.5. The van der Waals surface area contributed by atoms with E-state index in [1.165, 1.54) is 105 Å². The molecule has 2 fully saturated rings. The minimum atomic E-state index is 1.14. The Morgan fingerprint density at radius 3 is 1.18 bits per heavy atom. The topological polar surface area (TPSA) is 6.48 Å². The number of fused-ring (bicyclic) bond motifs is 2. The van der Waals surface area contributed by atoms with Crippen LogP contribution < -0.4 is 9.80 Å². The summed E-state index contributed by atoms with van der Waals surface area (Å²) in [7, 11) is 0. The van der Waals surface area contributed by atoms with Crippen LogP contribution in [0.15, 0.2) is 121 Å². The van der Waals surface area contributed by atoms with E-state index in [1.54, 1.807) is 0 Å². The Morgan fingerprint density at radius 2 is 0.705 bits per heavy atom. The first kappa shape index (κ1) is 27.0. The van der Waals surface area contributed by atoms with Crippen LogP contribution in [0.5, 0.6) is 0 Å². The molecule has 44 heavy (non-hydrogen) atoms. The van der Waals surface area contributed by atoms with Gasteiger partial charge in [-0.1, -0.05) is 97.1 Å². The number of benzene rings is 6. The SMILES string of the molecule is c1ccc(-c2ccc(-c3c4ccc(N5CCCCC5)cc4c(-c4ccccc4)c4ccc(N5CCCCC5)cc34)cc2)cc1. The summed E-state index contributed by atoms with van der Waals surface area (Å²) in [6.45, 7) is 4.58. The van der Waals surface area contributed by atoms with E-state index in [2.05, 4.69) is 131 Å². The molecule has 2 heteroatoms. The Hall–Kier alpha value is -4.56. The molecule has 0 unspecified atom stereocenters. The molecule has 2 heterocycles. The normalized spacial score (nSPS) is 15.6. The van der Waals surface area contributed by atoms with Crippen LogP contribution in [0.25, 0.3) is 54.9 Å². The standard InChI is InChI=1S/C42H40N2/c1-5-13-31(14-6-1)32-17-19-34(20-18-32)42-38-24-22-35(43-25-9-3-10-26-43)29-39(38)41(33-15-7-2-8-16-33)37-23-21-36(30-40(37)42)44-27-11-4-12-28-44/h1-2,5-8,13-24,29-30H,3-4,9-12,25-28H2. The number of nitrogens with zero attached hydrogens (tertiary/aromatic N) is 2. The molecule has 2 nitrogen and oxygen atoms in total. The van der Waals surface area contributed by atoms with E-state index in [-0.39, 0.29) is 0 Å².